The second kappa shape index (κ2) is 10.4. The molecule has 8 heteroatoms. The number of ether oxygens (including phenoxy) is 2. The number of nitrogens with one attached hydrogen (secondary N) is 1. The van der Waals surface area contributed by atoms with E-state index in [4.69, 9.17) is 14.7 Å². The van der Waals surface area contributed by atoms with Crippen molar-refractivity contribution in [3.05, 3.63) is 47.2 Å². The molecule has 2 N–H and O–H groups in total. The number of hydrogen-bond acceptors (Lipinski definition) is 7. The summed E-state index contributed by atoms with van der Waals surface area (Å²) in [6.07, 6.45) is 9.40. The van der Waals surface area contributed by atoms with Crippen molar-refractivity contribution in [3.8, 4) is 17.7 Å². The first kappa shape index (κ1) is 24.5. The Morgan fingerprint density at radius 2 is 1.78 bits per heavy atom. The largest absolute Gasteiger partial charge is 0.490 e. The maximum absolute atomic E-state index is 12.7. The molecule has 0 bridgehead atoms. The van der Waals surface area contributed by atoms with E-state index in [1.54, 1.807) is 18.2 Å². The molecular weight excluding hydrogens is 456 g/mol. The van der Waals surface area contributed by atoms with E-state index in [-0.39, 0.29) is 30.3 Å². The van der Waals surface area contributed by atoms with Crippen LogP contribution in [-0.2, 0) is 0 Å². The summed E-state index contributed by atoms with van der Waals surface area (Å²) in [6.45, 7) is 1.91. The van der Waals surface area contributed by atoms with Gasteiger partial charge in [0.15, 0.2) is 5.69 Å². The highest BCUT2D eigenvalue weighted by Gasteiger charge is 2.47. The summed E-state index contributed by atoms with van der Waals surface area (Å²) in [5.41, 5.74) is 2.20. The molecule has 3 aliphatic carbocycles. The molecule has 3 fully saturated rings. The Labute approximate surface area is 212 Å². The van der Waals surface area contributed by atoms with E-state index in [0.29, 0.717) is 22.6 Å². The monoisotopic (exact) mass is 490 g/mol. The van der Waals surface area contributed by atoms with Crippen LogP contribution in [0.3, 0.4) is 0 Å². The Bertz CT molecular complexity index is 1110. The molecule has 1 heterocycles. The van der Waals surface area contributed by atoms with E-state index < -0.39 is 0 Å². The van der Waals surface area contributed by atoms with Gasteiger partial charge in [0.25, 0.3) is 5.91 Å². The maximum Gasteiger partial charge on any atom is 0.272 e. The minimum atomic E-state index is -0.218. The first-order chi connectivity index (χ1) is 17.4. The summed E-state index contributed by atoms with van der Waals surface area (Å²) < 4.78 is 12.1. The number of amides is 1. The average molecular weight is 491 g/mol. The van der Waals surface area contributed by atoms with Crippen LogP contribution in [0.4, 0.5) is 0 Å². The van der Waals surface area contributed by atoms with E-state index in [1.165, 1.54) is 0 Å². The van der Waals surface area contributed by atoms with Crippen molar-refractivity contribution in [2.45, 2.75) is 95.5 Å². The number of nitriles is 1. The van der Waals surface area contributed by atoms with Crippen LogP contribution in [0.25, 0.3) is 0 Å². The van der Waals surface area contributed by atoms with Crippen molar-refractivity contribution in [3.63, 3.8) is 0 Å². The van der Waals surface area contributed by atoms with Crippen LogP contribution in [0, 0.1) is 23.7 Å². The highest BCUT2D eigenvalue weighted by molar-refractivity contribution is 5.92. The third-order valence-electron chi connectivity index (χ3n) is 8.13. The Hall–Kier alpha value is -3.18. The van der Waals surface area contributed by atoms with Gasteiger partial charge in [-0.15, -0.1) is 10.2 Å². The molecule has 0 atom stereocenters. The number of carbonyl (C=O) groups is 1. The van der Waals surface area contributed by atoms with Gasteiger partial charge in [0, 0.05) is 12.1 Å². The van der Waals surface area contributed by atoms with E-state index >= 15 is 0 Å². The van der Waals surface area contributed by atoms with Crippen molar-refractivity contribution in [1.29, 1.82) is 5.26 Å². The van der Waals surface area contributed by atoms with Crippen LogP contribution in [0.1, 0.15) is 85.8 Å². The fraction of sp³-hybridized carbons (Fsp3) is 0.571. The lowest BCUT2D eigenvalue weighted by Crippen LogP contribution is -2.46. The van der Waals surface area contributed by atoms with Crippen LogP contribution in [0.2, 0.25) is 0 Å². The molecule has 190 valence electrons. The molecule has 0 unspecified atom stereocenters. The number of aliphatic hydroxyl groups excluding tert-OH is 1. The molecule has 0 saturated heterocycles. The summed E-state index contributed by atoms with van der Waals surface area (Å²) in [7, 11) is 0. The molecule has 0 aliphatic heterocycles. The van der Waals surface area contributed by atoms with Gasteiger partial charge in [0.05, 0.1) is 23.8 Å². The molecule has 3 saturated carbocycles. The highest BCUT2D eigenvalue weighted by atomic mass is 16.5. The third-order valence-corrected chi connectivity index (χ3v) is 8.13. The summed E-state index contributed by atoms with van der Waals surface area (Å²) in [4.78, 5) is 12.7. The normalized spacial score (nSPS) is 29.6. The number of rotatable bonds is 6. The Morgan fingerprint density at radius 1 is 1.03 bits per heavy atom. The van der Waals surface area contributed by atoms with Crippen LogP contribution in [-0.4, -0.2) is 45.6 Å². The predicted octanol–water partition coefficient (Wildman–Crippen LogP) is 4.24. The van der Waals surface area contributed by atoms with Crippen LogP contribution >= 0.6 is 0 Å². The number of benzene rings is 1. The number of hydrogen-bond donors (Lipinski definition) is 2. The summed E-state index contributed by atoms with van der Waals surface area (Å²) in [6, 6.07) is 11.2. The van der Waals surface area contributed by atoms with Crippen molar-refractivity contribution in [2.24, 2.45) is 5.41 Å². The van der Waals surface area contributed by atoms with E-state index in [1.807, 2.05) is 19.1 Å². The van der Waals surface area contributed by atoms with Crippen LogP contribution in [0.15, 0.2) is 30.3 Å². The topological polar surface area (TPSA) is 117 Å². The standard InChI is InChI=1S/C28H34N4O4/c1-18-14-23(5-2-19(18)17-29)35-22-6-3-20(4-7-22)30-27(34)25-8-9-26(32-31-25)36-24-15-28(16-24)12-10-21(33)11-13-28/h2,5,8-9,14,20-22,24,33H,3-4,6-7,10-13,15-16H2,1H3,(H,30,34). The van der Waals surface area contributed by atoms with Gasteiger partial charge in [-0.2, -0.15) is 5.26 Å². The molecule has 1 amide bonds. The van der Waals surface area contributed by atoms with E-state index in [0.717, 1.165) is 75.5 Å². The molecule has 36 heavy (non-hydrogen) atoms. The molecule has 2 aromatic rings. The Morgan fingerprint density at radius 3 is 2.42 bits per heavy atom. The number of carbonyl (C=O) groups excluding carboxylic acids is 1. The van der Waals surface area contributed by atoms with Gasteiger partial charge >= 0.3 is 0 Å². The zero-order valence-electron chi connectivity index (χ0n) is 20.8. The molecule has 1 aromatic carbocycles. The molecule has 5 rings (SSSR count). The number of aliphatic hydroxyl groups is 1. The molecule has 1 aromatic heterocycles. The van der Waals surface area contributed by atoms with Crippen LogP contribution < -0.4 is 14.8 Å². The Balaban J connectivity index is 1.04. The third kappa shape index (κ3) is 5.62. The van der Waals surface area contributed by atoms with Gasteiger partial charge in [-0.25, -0.2) is 0 Å². The van der Waals surface area contributed by atoms with Gasteiger partial charge in [-0.1, -0.05) is 0 Å². The van der Waals surface area contributed by atoms with Gasteiger partial charge in [-0.3, -0.25) is 4.79 Å². The lowest BCUT2D eigenvalue weighted by atomic mass is 9.59. The Kier molecular flexibility index (Phi) is 7.10. The van der Waals surface area contributed by atoms with E-state index in [2.05, 4.69) is 21.6 Å². The van der Waals surface area contributed by atoms with Crippen molar-refractivity contribution < 1.29 is 19.4 Å². The van der Waals surface area contributed by atoms with Crippen LogP contribution in [0.5, 0.6) is 11.6 Å². The number of aromatic nitrogens is 2. The summed E-state index contributed by atoms with van der Waals surface area (Å²) in [5.74, 6) is 1.02. The van der Waals surface area contributed by atoms with Gasteiger partial charge < -0.3 is 19.9 Å². The average Bonchev–Trinajstić information content (AvgIpc) is 2.86. The summed E-state index contributed by atoms with van der Waals surface area (Å²) in [5, 5.41) is 30.1. The number of nitrogens with zero attached hydrogens (tertiary/aromatic N) is 3. The van der Waals surface area contributed by atoms with Crippen molar-refractivity contribution in [1.82, 2.24) is 15.5 Å². The molecule has 1 spiro atoms. The molecule has 8 nitrogen and oxygen atoms in total. The first-order valence-corrected chi connectivity index (χ1v) is 13.1. The first-order valence-electron chi connectivity index (χ1n) is 13.1. The molecule has 0 radical (unpaired) electrons. The fourth-order valence-corrected chi connectivity index (χ4v) is 5.90. The minimum Gasteiger partial charge on any atom is -0.490 e. The van der Waals surface area contributed by atoms with E-state index in [9.17, 15) is 9.90 Å². The maximum atomic E-state index is 12.7. The lowest BCUT2D eigenvalue weighted by Gasteiger charge is -2.50. The fourth-order valence-electron chi connectivity index (χ4n) is 5.90. The van der Waals surface area contributed by atoms with Gasteiger partial charge in [0.2, 0.25) is 5.88 Å². The second-order valence-corrected chi connectivity index (χ2v) is 10.8. The highest BCUT2D eigenvalue weighted by Crippen LogP contribution is 2.52. The summed E-state index contributed by atoms with van der Waals surface area (Å²) >= 11 is 0. The van der Waals surface area contributed by atoms with Gasteiger partial charge in [-0.05, 0) is 106 Å². The zero-order valence-corrected chi connectivity index (χ0v) is 20.8. The quantitative estimate of drug-likeness (QED) is 0.622. The number of aryl methyl sites for hydroxylation is 1. The minimum absolute atomic E-state index is 0.0814. The smallest absolute Gasteiger partial charge is 0.272 e. The van der Waals surface area contributed by atoms with Crippen molar-refractivity contribution >= 4 is 5.91 Å². The predicted molar refractivity (Wildman–Crippen MR) is 133 cm³/mol. The van der Waals surface area contributed by atoms with Crippen molar-refractivity contribution in [2.75, 3.05) is 0 Å². The second-order valence-electron chi connectivity index (χ2n) is 10.8. The SMILES string of the molecule is Cc1cc(OC2CCC(NC(=O)c3ccc(OC4CC5(CCC(O)CC5)C4)nn3)CC2)ccc1C#N. The molecular formula is C28H34N4O4. The lowest BCUT2D eigenvalue weighted by molar-refractivity contribution is -0.0632. The van der Waals surface area contributed by atoms with Gasteiger partial charge in [0.1, 0.15) is 11.9 Å². The molecule has 3 aliphatic rings. The zero-order chi connectivity index (χ0) is 25.1.